The van der Waals surface area contributed by atoms with Crippen LogP contribution in [-0.2, 0) is 6.54 Å². The molecule has 1 aliphatic carbocycles. The molecule has 25 heavy (non-hydrogen) atoms. The lowest BCUT2D eigenvalue weighted by Crippen LogP contribution is -2.43. The number of nitrogens with zero attached hydrogens (tertiary/aromatic N) is 3. The summed E-state index contributed by atoms with van der Waals surface area (Å²) in [6, 6.07) is 4.45. The Bertz CT molecular complexity index is 724. The Morgan fingerprint density at radius 2 is 2.28 bits per heavy atom. The second-order valence-corrected chi connectivity index (χ2v) is 7.42. The van der Waals surface area contributed by atoms with Crippen molar-refractivity contribution in [1.29, 1.82) is 0 Å². The average Bonchev–Trinajstić information content (AvgIpc) is 3.33. The first kappa shape index (κ1) is 16.4. The molecule has 3 atom stereocenters. The summed E-state index contributed by atoms with van der Waals surface area (Å²) in [4.78, 5) is 17.2. The summed E-state index contributed by atoms with van der Waals surface area (Å²) in [5.41, 5.74) is 0.596. The Balaban J connectivity index is 1.46. The van der Waals surface area contributed by atoms with Crippen molar-refractivity contribution in [1.82, 2.24) is 15.0 Å². The van der Waals surface area contributed by atoms with Gasteiger partial charge < -0.3 is 13.8 Å². The van der Waals surface area contributed by atoms with Crippen LogP contribution in [0.25, 0.3) is 0 Å². The minimum atomic E-state index is 0.0561. The van der Waals surface area contributed by atoms with E-state index in [2.05, 4.69) is 17.1 Å². The number of aromatic nitrogens is 1. The first-order valence-electron chi connectivity index (χ1n) is 9.06. The van der Waals surface area contributed by atoms with Gasteiger partial charge >= 0.3 is 0 Å². The van der Waals surface area contributed by atoms with Crippen LogP contribution in [0.2, 0.25) is 0 Å². The van der Waals surface area contributed by atoms with Gasteiger partial charge in [0.15, 0.2) is 0 Å². The van der Waals surface area contributed by atoms with Crippen LogP contribution in [0.3, 0.4) is 0 Å². The van der Waals surface area contributed by atoms with Crippen molar-refractivity contribution >= 4 is 5.91 Å². The molecule has 1 unspecified atom stereocenters. The molecule has 0 radical (unpaired) electrons. The third-order valence-electron chi connectivity index (χ3n) is 5.88. The number of hydrogen-bond acceptors (Lipinski definition) is 5. The standard InChI is InChI=1S/C19H25N3O3/c1-13-16(9-20-25-13)19(23)22-10-14-5-3-7-18(17(14)12-22)21(2)11-15-6-4-8-24-15/h4,6,8-9,14,17-18H,3,5,7,10-12H2,1-2H3/t14-,17+,18?/m1/s1. The van der Waals surface area contributed by atoms with Crippen LogP contribution in [0.15, 0.2) is 33.5 Å². The van der Waals surface area contributed by atoms with Gasteiger partial charge in [-0.2, -0.15) is 0 Å². The summed E-state index contributed by atoms with van der Waals surface area (Å²) < 4.78 is 10.6. The third-order valence-corrected chi connectivity index (χ3v) is 5.88. The quantitative estimate of drug-likeness (QED) is 0.854. The van der Waals surface area contributed by atoms with E-state index in [4.69, 9.17) is 8.94 Å². The van der Waals surface area contributed by atoms with Gasteiger partial charge in [0.2, 0.25) is 0 Å². The normalized spacial score (nSPS) is 26.2. The molecule has 6 heteroatoms. The van der Waals surface area contributed by atoms with Crippen LogP contribution < -0.4 is 0 Å². The Hall–Kier alpha value is -2.08. The van der Waals surface area contributed by atoms with E-state index >= 15 is 0 Å². The molecule has 4 rings (SSSR count). The average molecular weight is 343 g/mol. The Morgan fingerprint density at radius 1 is 1.40 bits per heavy atom. The number of fused-ring (bicyclic) bond motifs is 1. The molecule has 1 saturated carbocycles. The summed E-state index contributed by atoms with van der Waals surface area (Å²) in [5, 5.41) is 3.75. The highest BCUT2D eigenvalue weighted by molar-refractivity contribution is 5.95. The van der Waals surface area contributed by atoms with E-state index < -0.39 is 0 Å². The number of aryl methyl sites for hydroxylation is 1. The molecular weight excluding hydrogens is 318 g/mol. The fraction of sp³-hybridized carbons (Fsp3) is 0.579. The van der Waals surface area contributed by atoms with Crippen LogP contribution in [0, 0.1) is 18.8 Å². The second-order valence-electron chi connectivity index (χ2n) is 7.42. The van der Waals surface area contributed by atoms with Crippen LogP contribution in [0.4, 0.5) is 0 Å². The van der Waals surface area contributed by atoms with E-state index in [1.165, 1.54) is 19.3 Å². The van der Waals surface area contributed by atoms with E-state index in [9.17, 15) is 4.79 Å². The van der Waals surface area contributed by atoms with Gasteiger partial charge in [-0.05, 0) is 50.8 Å². The summed E-state index contributed by atoms with van der Waals surface area (Å²) in [6.07, 6.45) is 6.89. The highest BCUT2D eigenvalue weighted by atomic mass is 16.5. The minimum Gasteiger partial charge on any atom is -0.468 e. The predicted molar refractivity (Wildman–Crippen MR) is 91.9 cm³/mol. The van der Waals surface area contributed by atoms with Crippen molar-refractivity contribution in [2.24, 2.45) is 11.8 Å². The summed E-state index contributed by atoms with van der Waals surface area (Å²) in [6.45, 7) is 4.28. The van der Waals surface area contributed by atoms with Gasteiger partial charge in [-0.15, -0.1) is 0 Å². The number of amides is 1. The zero-order valence-corrected chi connectivity index (χ0v) is 14.9. The molecule has 2 aliphatic rings. The molecule has 1 saturated heterocycles. The molecule has 1 amide bonds. The number of furan rings is 1. The molecule has 6 nitrogen and oxygen atoms in total. The van der Waals surface area contributed by atoms with Crippen molar-refractivity contribution in [3.63, 3.8) is 0 Å². The molecular formula is C19H25N3O3. The number of hydrogen-bond donors (Lipinski definition) is 0. The van der Waals surface area contributed by atoms with Crippen LogP contribution in [0.5, 0.6) is 0 Å². The lowest BCUT2D eigenvalue weighted by Gasteiger charge is -2.38. The highest BCUT2D eigenvalue weighted by Crippen LogP contribution is 2.39. The molecule has 0 bridgehead atoms. The minimum absolute atomic E-state index is 0.0561. The number of carbonyl (C=O) groups excluding carboxylic acids is 1. The molecule has 0 N–H and O–H groups in total. The highest BCUT2D eigenvalue weighted by Gasteiger charge is 2.43. The molecule has 1 aliphatic heterocycles. The maximum Gasteiger partial charge on any atom is 0.259 e. The van der Waals surface area contributed by atoms with Gasteiger partial charge in [0.1, 0.15) is 17.1 Å². The van der Waals surface area contributed by atoms with Gasteiger partial charge in [-0.3, -0.25) is 9.69 Å². The van der Waals surface area contributed by atoms with Crippen molar-refractivity contribution in [3.8, 4) is 0 Å². The van der Waals surface area contributed by atoms with E-state index in [1.807, 2.05) is 17.0 Å². The first-order valence-corrected chi connectivity index (χ1v) is 9.06. The zero-order valence-electron chi connectivity index (χ0n) is 14.9. The predicted octanol–water partition coefficient (Wildman–Crippen LogP) is 2.95. The molecule has 2 aromatic heterocycles. The fourth-order valence-electron chi connectivity index (χ4n) is 4.59. The van der Waals surface area contributed by atoms with Gasteiger partial charge in [0.25, 0.3) is 5.91 Å². The molecule has 134 valence electrons. The molecule has 3 heterocycles. The van der Waals surface area contributed by atoms with E-state index in [1.54, 1.807) is 19.4 Å². The number of likely N-dealkylation sites (tertiary alicyclic amines) is 1. The smallest absolute Gasteiger partial charge is 0.259 e. The van der Waals surface area contributed by atoms with E-state index in [0.717, 1.165) is 25.4 Å². The molecule has 2 aromatic rings. The largest absolute Gasteiger partial charge is 0.468 e. The molecule has 0 spiro atoms. The van der Waals surface area contributed by atoms with Crippen LogP contribution in [0.1, 0.15) is 41.1 Å². The summed E-state index contributed by atoms with van der Waals surface area (Å²) >= 11 is 0. The topological polar surface area (TPSA) is 62.7 Å². The SMILES string of the molecule is Cc1oncc1C(=O)N1C[C@H]2CCCC(N(C)Cc3ccco3)[C@H]2C1. The lowest BCUT2D eigenvalue weighted by atomic mass is 9.77. The van der Waals surface area contributed by atoms with Gasteiger partial charge in [0.05, 0.1) is 19.0 Å². The second kappa shape index (κ2) is 6.67. The van der Waals surface area contributed by atoms with Crippen molar-refractivity contribution in [3.05, 3.63) is 41.7 Å². The van der Waals surface area contributed by atoms with E-state index in [-0.39, 0.29) is 5.91 Å². The monoisotopic (exact) mass is 343 g/mol. The third kappa shape index (κ3) is 3.11. The Morgan fingerprint density at radius 3 is 3.00 bits per heavy atom. The van der Waals surface area contributed by atoms with Crippen molar-refractivity contribution in [2.45, 2.75) is 38.8 Å². The Kier molecular flexibility index (Phi) is 4.37. The van der Waals surface area contributed by atoms with Crippen molar-refractivity contribution < 1.29 is 13.7 Å². The maximum atomic E-state index is 12.8. The van der Waals surface area contributed by atoms with Crippen molar-refractivity contribution in [2.75, 3.05) is 20.1 Å². The summed E-state index contributed by atoms with van der Waals surface area (Å²) in [7, 11) is 2.17. The lowest BCUT2D eigenvalue weighted by molar-refractivity contribution is 0.0765. The Labute approximate surface area is 147 Å². The van der Waals surface area contributed by atoms with Crippen LogP contribution >= 0.6 is 0 Å². The maximum absolute atomic E-state index is 12.8. The first-order chi connectivity index (χ1) is 12.1. The van der Waals surface area contributed by atoms with E-state index in [0.29, 0.717) is 29.2 Å². The summed E-state index contributed by atoms with van der Waals surface area (Å²) in [5.74, 6) is 2.77. The van der Waals surface area contributed by atoms with Gasteiger partial charge in [-0.1, -0.05) is 11.6 Å². The van der Waals surface area contributed by atoms with Crippen LogP contribution in [-0.4, -0.2) is 47.0 Å². The molecule has 0 aromatic carbocycles. The zero-order chi connectivity index (χ0) is 17.4. The number of rotatable bonds is 4. The van der Waals surface area contributed by atoms with Gasteiger partial charge in [0, 0.05) is 19.1 Å². The van der Waals surface area contributed by atoms with Gasteiger partial charge in [-0.25, -0.2) is 0 Å². The number of carbonyl (C=O) groups is 1. The fourth-order valence-corrected chi connectivity index (χ4v) is 4.59. The molecule has 2 fully saturated rings.